The van der Waals surface area contributed by atoms with Crippen LogP contribution >= 0.6 is 0 Å². The Morgan fingerprint density at radius 2 is 1.73 bits per heavy atom. The molecule has 10 nitrogen and oxygen atoms in total. The maximum atomic E-state index is 15.3. The molecule has 64 heavy (non-hydrogen) atoms. The Hall–Kier alpha value is -3.12. The number of phenolic OH excluding ortho intramolecular Hbond substituents is 1. The van der Waals surface area contributed by atoms with Gasteiger partial charge in [-0.15, -0.1) is 0 Å². The smallest absolute Gasteiger partial charge is 0.159 e. The molecule has 10 heteroatoms. The predicted octanol–water partition coefficient (Wildman–Crippen LogP) is 7.86. The SMILES string of the molecule is CNCc1cc(O)cc(C2CC34CCCCC(C)(C2=O)C3C(NCC(C)O)CC2(CCO)C4CCC3=C(C(C)CC(O)C4OC4(C)C4CCCC4c4cccc(N)c4)C(=O)CC32C)c1. The molecule has 9 rings (SSSR count). The number of carbonyl (C=O) groups is 2. The molecule has 8 N–H and O–H groups in total. The van der Waals surface area contributed by atoms with Crippen LogP contribution in [0.1, 0.15) is 153 Å². The molecule has 2 bridgehead atoms. The first-order valence-electron chi connectivity index (χ1n) is 25.0. The van der Waals surface area contributed by atoms with Gasteiger partial charge in [0.05, 0.1) is 17.8 Å². The van der Waals surface area contributed by atoms with Crippen LogP contribution in [0, 0.1) is 45.3 Å². The Morgan fingerprint density at radius 3 is 2.47 bits per heavy atom. The Labute approximate surface area is 381 Å². The topological polar surface area (TPSA) is 178 Å². The number of nitrogen functional groups attached to an aromatic ring is 1. The molecule has 1 heterocycles. The lowest BCUT2D eigenvalue weighted by Crippen LogP contribution is -2.71. The second-order valence-corrected chi connectivity index (χ2v) is 22.8. The number of aliphatic hydroxyl groups excluding tert-OH is 3. The highest BCUT2D eigenvalue weighted by Crippen LogP contribution is 2.78. The number of Topliss-reactive ketones (excluding diaryl/α,β-unsaturated/α-hetero) is 2. The third-order valence-corrected chi connectivity index (χ3v) is 19.2. The van der Waals surface area contributed by atoms with E-state index in [2.05, 4.69) is 56.5 Å². The van der Waals surface area contributed by atoms with Crippen molar-refractivity contribution in [3.63, 3.8) is 0 Å². The standard InChI is InChI=1S/C54H77N3O7/c1-31(21-43(61)49-52(5,64-49)40-14-10-13-38(40)34-11-9-12-36(55)24-34)46-41-15-16-45-53-18-8-7-17-50(3,48(63)39(26-53)35-22-33(30-56-6)23-37(60)25-35)47(53)42(57-29-32(2)59)27-54(45,19-20-58)51(41,4)28-44(46)62/h9,11-12,22-25,31-32,38-40,42-43,45,47,49,56-61H,7-8,10,13-21,26-30,55H2,1-6H3. The lowest BCUT2D eigenvalue weighted by Gasteiger charge is -2.72. The fraction of sp³-hybridized carbons (Fsp3) is 0.704. The third-order valence-electron chi connectivity index (χ3n) is 19.2. The van der Waals surface area contributed by atoms with Crippen LogP contribution in [-0.4, -0.2) is 82.1 Å². The highest BCUT2D eigenvalue weighted by molar-refractivity contribution is 6.00. The van der Waals surface area contributed by atoms with Crippen LogP contribution in [0.3, 0.4) is 0 Å². The van der Waals surface area contributed by atoms with Gasteiger partial charge in [-0.05, 0) is 172 Å². The number of ether oxygens (including phenoxy) is 1. The van der Waals surface area contributed by atoms with Crippen molar-refractivity contribution in [1.82, 2.24) is 10.6 Å². The molecule has 1 aliphatic heterocycles. The fourth-order valence-electron chi connectivity index (χ4n) is 16.9. The van der Waals surface area contributed by atoms with Crippen LogP contribution in [0.25, 0.3) is 0 Å². The van der Waals surface area contributed by atoms with E-state index in [1.807, 2.05) is 25.2 Å². The van der Waals surface area contributed by atoms with Gasteiger partial charge in [0.1, 0.15) is 17.6 Å². The van der Waals surface area contributed by atoms with Crippen molar-refractivity contribution in [2.45, 2.75) is 173 Å². The summed E-state index contributed by atoms with van der Waals surface area (Å²) in [5.41, 5.74) is 9.79. The first-order valence-corrected chi connectivity index (χ1v) is 25.0. The zero-order valence-electron chi connectivity index (χ0n) is 39.4. The first-order chi connectivity index (χ1) is 30.5. The molecule has 7 aliphatic rings. The average molecular weight is 880 g/mol. The monoisotopic (exact) mass is 880 g/mol. The molecule has 6 aliphatic carbocycles. The van der Waals surface area contributed by atoms with Gasteiger partial charge in [-0.1, -0.05) is 63.8 Å². The van der Waals surface area contributed by atoms with E-state index in [1.54, 1.807) is 13.0 Å². The van der Waals surface area contributed by atoms with Crippen molar-refractivity contribution in [3.05, 3.63) is 70.3 Å². The largest absolute Gasteiger partial charge is 0.508 e. The van der Waals surface area contributed by atoms with Gasteiger partial charge in [-0.2, -0.15) is 0 Å². The zero-order chi connectivity index (χ0) is 45.6. The number of phenols is 1. The number of carbonyl (C=O) groups excluding carboxylic acids is 2. The number of nitrogens with one attached hydrogen (secondary N) is 2. The first kappa shape index (κ1) is 46.0. The summed E-state index contributed by atoms with van der Waals surface area (Å²) in [6.45, 7) is 11.6. The van der Waals surface area contributed by atoms with Crippen molar-refractivity contribution in [2.75, 3.05) is 25.9 Å². The van der Waals surface area contributed by atoms with Gasteiger partial charge in [0, 0.05) is 54.6 Å². The number of hydrogen-bond acceptors (Lipinski definition) is 10. The minimum atomic E-state index is -0.715. The normalized spacial score (nSPS) is 40.6. The van der Waals surface area contributed by atoms with Crippen LogP contribution in [0.2, 0.25) is 0 Å². The predicted molar refractivity (Wildman–Crippen MR) is 249 cm³/mol. The highest BCUT2D eigenvalue weighted by atomic mass is 16.6. The molecule has 0 amide bonds. The molecule has 0 aromatic heterocycles. The number of benzene rings is 2. The molecule has 0 radical (unpaired) electrons. The van der Waals surface area contributed by atoms with Gasteiger partial charge in [0.25, 0.3) is 0 Å². The number of anilines is 1. The van der Waals surface area contributed by atoms with E-state index in [0.717, 1.165) is 80.2 Å². The Bertz CT molecular complexity index is 2160. The summed E-state index contributed by atoms with van der Waals surface area (Å²) >= 11 is 0. The van der Waals surface area contributed by atoms with Crippen molar-refractivity contribution in [1.29, 1.82) is 0 Å². The molecule has 15 atom stereocenters. The molecule has 1 saturated heterocycles. The number of epoxide rings is 1. The summed E-state index contributed by atoms with van der Waals surface area (Å²) in [4.78, 5) is 30.2. The van der Waals surface area contributed by atoms with Gasteiger partial charge in [-0.3, -0.25) is 9.59 Å². The summed E-state index contributed by atoms with van der Waals surface area (Å²) in [5, 5.41) is 52.2. The second-order valence-electron chi connectivity index (χ2n) is 22.8. The summed E-state index contributed by atoms with van der Waals surface area (Å²) < 4.78 is 6.52. The Kier molecular flexibility index (Phi) is 12.1. The van der Waals surface area contributed by atoms with Gasteiger partial charge in [0.2, 0.25) is 0 Å². The number of ketones is 2. The molecule has 2 aromatic rings. The molecule has 5 saturated carbocycles. The third kappa shape index (κ3) is 7.17. The van der Waals surface area contributed by atoms with Crippen LogP contribution in [0.4, 0.5) is 5.69 Å². The van der Waals surface area contributed by atoms with Gasteiger partial charge >= 0.3 is 0 Å². The van der Waals surface area contributed by atoms with Gasteiger partial charge < -0.3 is 41.5 Å². The van der Waals surface area contributed by atoms with Gasteiger partial charge in [-0.25, -0.2) is 0 Å². The molecule has 350 valence electrons. The summed E-state index contributed by atoms with van der Waals surface area (Å²) in [6.07, 6.45) is 9.76. The van der Waals surface area contributed by atoms with E-state index >= 15 is 4.79 Å². The molecule has 2 aromatic carbocycles. The molecule has 6 fully saturated rings. The van der Waals surface area contributed by atoms with Crippen molar-refractivity contribution in [3.8, 4) is 5.75 Å². The van der Waals surface area contributed by atoms with E-state index in [-0.39, 0.29) is 65.2 Å². The van der Waals surface area contributed by atoms with Crippen molar-refractivity contribution >= 4 is 17.3 Å². The number of fused-ring (bicyclic) bond motifs is 3. The van der Waals surface area contributed by atoms with E-state index in [0.29, 0.717) is 51.1 Å². The van der Waals surface area contributed by atoms with Crippen molar-refractivity contribution < 1.29 is 34.8 Å². The van der Waals surface area contributed by atoms with Gasteiger partial charge in [0.15, 0.2) is 5.78 Å². The van der Waals surface area contributed by atoms with Crippen LogP contribution in [0.15, 0.2) is 53.6 Å². The number of allylic oxidation sites excluding steroid dienone is 2. The average Bonchev–Trinajstić information content (AvgIpc) is 3.57. The molecule has 15 unspecified atom stereocenters. The Balaban J connectivity index is 1.07. The molecular weight excluding hydrogens is 803 g/mol. The lowest BCUT2D eigenvalue weighted by molar-refractivity contribution is -0.210. The number of rotatable bonds is 14. The van der Waals surface area contributed by atoms with E-state index < -0.39 is 40.0 Å². The van der Waals surface area contributed by atoms with E-state index in [1.165, 1.54) is 11.1 Å². The van der Waals surface area contributed by atoms with Crippen LogP contribution < -0.4 is 16.4 Å². The summed E-state index contributed by atoms with van der Waals surface area (Å²) in [7, 11) is 1.89. The number of aromatic hydroxyl groups is 1. The maximum absolute atomic E-state index is 15.3. The summed E-state index contributed by atoms with van der Waals surface area (Å²) in [5.74, 6) is 0.808. The quantitative estimate of drug-likeness (QED) is 0.0731. The maximum Gasteiger partial charge on any atom is 0.159 e. The number of hydrogen-bond donors (Lipinski definition) is 7. The lowest BCUT2D eigenvalue weighted by atomic mass is 9.32. The number of aliphatic hydroxyl groups is 3. The Morgan fingerprint density at radius 1 is 0.953 bits per heavy atom. The van der Waals surface area contributed by atoms with E-state index in [4.69, 9.17) is 10.5 Å². The molecular formula is C54H77N3O7. The minimum absolute atomic E-state index is 0.00404. The zero-order valence-corrected chi connectivity index (χ0v) is 39.4. The van der Waals surface area contributed by atoms with E-state index in [9.17, 15) is 25.2 Å². The van der Waals surface area contributed by atoms with Crippen LogP contribution in [-0.2, 0) is 20.9 Å². The summed E-state index contributed by atoms with van der Waals surface area (Å²) in [6, 6.07) is 13.8. The van der Waals surface area contributed by atoms with Crippen LogP contribution in [0.5, 0.6) is 5.75 Å². The highest BCUT2D eigenvalue weighted by Gasteiger charge is 2.74. The van der Waals surface area contributed by atoms with Crippen molar-refractivity contribution in [2.24, 2.45) is 45.3 Å². The fourth-order valence-corrected chi connectivity index (χ4v) is 16.9. The minimum Gasteiger partial charge on any atom is -0.508 e. The number of nitrogens with two attached hydrogens (primary N) is 1. The second kappa shape index (κ2) is 16.9. The molecule has 0 spiro atoms.